The van der Waals surface area contributed by atoms with Crippen molar-refractivity contribution in [2.75, 3.05) is 13.2 Å². The third-order valence-electron chi connectivity index (χ3n) is 13.0. The Bertz CT molecular complexity index is 1050. The van der Waals surface area contributed by atoms with Crippen LogP contribution in [-0.2, 0) is 28.6 Å². The van der Waals surface area contributed by atoms with Crippen LogP contribution < -0.4 is 0 Å². The highest BCUT2D eigenvalue weighted by Gasteiger charge is 2.19. The molecule has 1 unspecified atom stereocenters. The summed E-state index contributed by atoms with van der Waals surface area (Å²) in [5.74, 6) is -0.864. The van der Waals surface area contributed by atoms with Gasteiger partial charge in [0.25, 0.3) is 0 Å². The molecule has 0 aliphatic heterocycles. The minimum Gasteiger partial charge on any atom is -0.462 e. The Hall–Kier alpha value is -2.11. The van der Waals surface area contributed by atoms with Crippen LogP contribution in [0.15, 0.2) is 24.3 Å². The van der Waals surface area contributed by atoms with E-state index in [4.69, 9.17) is 14.2 Å². The van der Waals surface area contributed by atoms with E-state index in [0.29, 0.717) is 19.3 Å². The van der Waals surface area contributed by atoms with Crippen molar-refractivity contribution < 1.29 is 28.6 Å². The fourth-order valence-electron chi connectivity index (χ4n) is 8.59. The highest BCUT2D eigenvalue weighted by molar-refractivity contribution is 5.71. The first-order valence-corrected chi connectivity index (χ1v) is 28.8. The van der Waals surface area contributed by atoms with Gasteiger partial charge in [0.05, 0.1) is 0 Å². The van der Waals surface area contributed by atoms with Gasteiger partial charge in [0.2, 0.25) is 0 Å². The molecule has 1 atom stereocenters. The van der Waals surface area contributed by atoms with Crippen LogP contribution in [0.4, 0.5) is 0 Å². The van der Waals surface area contributed by atoms with Crippen molar-refractivity contribution in [1.29, 1.82) is 0 Å². The molecule has 0 aliphatic carbocycles. The Morgan fingerprint density at radius 2 is 0.554 bits per heavy atom. The molecule has 0 heterocycles. The van der Waals surface area contributed by atoms with Crippen molar-refractivity contribution in [2.45, 2.75) is 322 Å². The van der Waals surface area contributed by atoms with Crippen LogP contribution in [0.3, 0.4) is 0 Å². The number of esters is 3. The molecule has 0 amide bonds. The lowest BCUT2D eigenvalue weighted by Crippen LogP contribution is -2.30. The standard InChI is InChI=1S/C59H110O6/c1-4-7-10-13-16-19-22-25-28-29-30-32-34-37-40-43-46-49-52-58(61)64-55-56(54-63-57(60)51-48-45-42-39-36-33-27-24-21-18-15-12-9-6-3)65-59(62)53-50-47-44-41-38-35-31-26-23-20-17-14-11-8-5-2/h17,20,26,31,56H,4-16,18-19,21-25,27-30,32-55H2,1-3H3/b20-17-,31-26-. The molecule has 0 aromatic rings. The first-order valence-electron chi connectivity index (χ1n) is 28.8. The van der Waals surface area contributed by atoms with E-state index >= 15 is 0 Å². The van der Waals surface area contributed by atoms with E-state index in [1.807, 2.05) is 0 Å². The van der Waals surface area contributed by atoms with Gasteiger partial charge in [-0.05, 0) is 51.4 Å². The number of rotatable bonds is 53. The van der Waals surface area contributed by atoms with E-state index in [-0.39, 0.29) is 31.1 Å². The molecule has 0 aliphatic rings. The van der Waals surface area contributed by atoms with Crippen LogP contribution >= 0.6 is 0 Å². The molecule has 0 saturated heterocycles. The molecular weight excluding hydrogens is 805 g/mol. The molecule has 0 aromatic heterocycles. The summed E-state index contributed by atoms with van der Waals surface area (Å²) < 4.78 is 16.9. The summed E-state index contributed by atoms with van der Waals surface area (Å²) in [6.07, 6.45) is 63.1. The molecule has 382 valence electrons. The predicted molar refractivity (Wildman–Crippen MR) is 279 cm³/mol. The molecule has 0 bridgehead atoms. The zero-order valence-corrected chi connectivity index (χ0v) is 43.8. The van der Waals surface area contributed by atoms with Crippen molar-refractivity contribution in [3.8, 4) is 0 Å². The van der Waals surface area contributed by atoms with Crippen molar-refractivity contribution >= 4 is 17.9 Å². The molecule has 6 heteroatoms. The summed E-state index contributed by atoms with van der Waals surface area (Å²) in [5, 5.41) is 0. The number of allylic oxidation sites excluding steroid dienone is 4. The number of carbonyl (C=O) groups excluding carboxylic acids is 3. The minimum absolute atomic E-state index is 0.0715. The van der Waals surface area contributed by atoms with E-state index < -0.39 is 6.10 Å². The molecule has 0 N–H and O–H groups in total. The van der Waals surface area contributed by atoms with Crippen LogP contribution in [0, 0.1) is 0 Å². The van der Waals surface area contributed by atoms with Crippen LogP contribution in [0.1, 0.15) is 316 Å². The summed E-state index contributed by atoms with van der Waals surface area (Å²) in [7, 11) is 0. The third kappa shape index (κ3) is 52.7. The maximum atomic E-state index is 12.8. The second kappa shape index (κ2) is 54.5. The smallest absolute Gasteiger partial charge is 0.306 e. The van der Waals surface area contributed by atoms with Gasteiger partial charge < -0.3 is 14.2 Å². The van der Waals surface area contributed by atoms with Crippen molar-refractivity contribution in [3.63, 3.8) is 0 Å². The minimum atomic E-state index is -0.773. The highest BCUT2D eigenvalue weighted by atomic mass is 16.6. The summed E-state index contributed by atoms with van der Waals surface area (Å²) in [6, 6.07) is 0. The molecule has 0 fully saturated rings. The number of hydrogen-bond donors (Lipinski definition) is 0. The number of unbranched alkanes of at least 4 members (excludes halogenated alkanes) is 38. The average molecular weight is 916 g/mol. The van der Waals surface area contributed by atoms with Crippen molar-refractivity contribution in [2.24, 2.45) is 0 Å². The van der Waals surface area contributed by atoms with Gasteiger partial charge >= 0.3 is 17.9 Å². The van der Waals surface area contributed by atoms with Crippen LogP contribution in [-0.4, -0.2) is 37.2 Å². The van der Waals surface area contributed by atoms with E-state index in [2.05, 4.69) is 45.1 Å². The maximum absolute atomic E-state index is 12.8. The van der Waals surface area contributed by atoms with Gasteiger partial charge in [-0.1, -0.05) is 270 Å². The second-order valence-corrected chi connectivity index (χ2v) is 19.6. The summed E-state index contributed by atoms with van der Waals surface area (Å²) in [6.45, 7) is 6.65. The Morgan fingerprint density at radius 1 is 0.308 bits per heavy atom. The quantitative estimate of drug-likeness (QED) is 0.0262. The van der Waals surface area contributed by atoms with Crippen LogP contribution in [0.5, 0.6) is 0 Å². The molecule has 0 aromatic carbocycles. The first kappa shape index (κ1) is 62.9. The van der Waals surface area contributed by atoms with E-state index in [9.17, 15) is 14.4 Å². The fourth-order valence-corrected chi connectivity index (χ4v) is 8.59. The van der Waals surface area contributed by atoms with Gasteiger partial charge in [0.1, 0.15) is 13.2 Å². The normalized spacial score (nSPS) is 12.1. The lowest BCUT2D eigenvalue weighted by molar-refractivity contribution is -0.167. The number of ether oxygens (including phenoxy) is 3. The zero-order valence-electron chi connectivity index (χ0n) is 43.8. The van der Waals surface area contributed by atoms with Gasteiger partial charge in [0.15, 0.2) is 6.10 Å². The Labute approximate surface area is 404 Å². The monoisotopic (exact) mass is 915 g/mol. The third-order valence-corrected chi connectivity index (χ3v) is 13.0. The molecule has 0 radical (unpaired) electrons. The summed E-state index contributed by atoms with van der Waals surface area (Å²) in [5.41, 5.74) is 0. The topological polar surface area (TPSA) is 78.9 Å². The maximum Gasteiger partial charge on any atom is 0.306 e. The predicted octanol–water partition coefficient (Wildman–Crippen LogP) is 19.1. The molecule has 0 saturated carbocycles. The SMILES string of the molecule is CCCCC/C=C\C/C=C\CCCCCCCC(=O)OC(COC(=O)CCCCCCCCCCCCCCCC)COC(=O)CCCCCCCCCCCCCCCCCCCC. The molecule has 65 heavy (non-hydrogen) atoms. The zero-order chi connectivity index (χ0) is 47.2. The van der Waals surface area contributed by atoms with Gasteiger partial charge in [-0.15, -0.1) is 0 Å². The molecular formula is C59H110O6. The van der Waals surface area contributed by atoms with Crippen LogP contribution in [0.25, 0.3) is 0 Å². The van der Waals surface area contributed by atoms with Crippen molar-refractivity contribution in [3.05, 3.63) is 24.3 Å². The van der Waals surface area contributed by atoms with Gasteiger partial charge in [-0.3, -0.25) is 14.4 Å². The lowest BCUT2D eigenvalue weighted by atomic mass is 10.0. The van der Waals surface area contributed by atoms with E-state index in [0.717, 1.165) is 77.0 Å². The second-order valence-electron chi connectivity index (χ2n) is 19.6. The fraction of sp³-hybridized carbons (Fsp3) is 0.881. The summed E-state index contributed by atoms with van der Waals surface area (Å²) in [4.78, 5) is 38.1. The molecule has 0 spiro atoms. The number of hydrogen-bond acceptors (Lipinski definition) is 6. The molecule has 0 rings (SSSR count). The van der Waals surface area contributed by atoms with Crippen molar-refractivity contribution in [1.82, 2.24) is 0 Å². The molecule has 6 nitrogen and oxygen atoms in total. The summed E-state index contributed by atoms with van der Waals surface area (Å²) >= 11 is 0. The van der Waals surface area contributed by atoms with Gasteiger partial charge in [-0.25, -0.2) is 0 Å². The van der Waals surface area contributed by atoms with E-state index in [1.165, 1.54) is 199 Å². The largest absolute Gasteiger partial charge is 0.462 e. The van der Waals surface area contributed by atoms with E-state index in [1.54, 1.807) is 0 Å². The van der Waals surface area contributed by atoms with Crippen LogP contribution in [0.2, 0.25) is 0 Å². The average Bonchev–Trinajstić information content (AvgIpc) is 3.30. The first-order chi connectivity index (χ1) is 32.0. The number of carbonyl (C=O) groups is 3. The Balaban J connectivity index is 4.33. The Morgan fingerprint density at radius 3 is 0.877 bits per heavy atom. The Kier molecular flexibility index (Phi) is 52.7. The highest BCUT2D eigenvalue weighted by Crippen LogP contribution is 2.17. The lowest BCUT2D eigenvalue weighted by Gasteiger charge is -2.18. The van der Waals surface area contributed by atoms with Gasteiger partial charge in [0, 0.05) is 19.3 Å². The van der Waals surface area contributed by atoms with Gasteiger partial charge in [-0.2, -0.15) is 0 Å².